The Morgan fingerprint density at radius 1 is 1.09 bits per heavy atom. The van der Waals surface area contributed by atoms with Crippen LogP contribution in [0.15, 0.2) is 11.6 Å². The average Bonchev–Trinajstić information content (AvgIpc) is 3.04. The van der Waals surface area contributed by atoms with Crippen molar-refractivity contribution in [2.24, 2.45) is 46.3 Å². The van der Waals surface area contributed by atoms with E-state index in [9.17, 15) is 14.4 Å². The maximum absolute atomic E-state index is 11.4. The van der Waals surface area contributed by atoms with Gasteiger partial charge in [-0.2, -0.15) is 0 Å². The largest absolute Gasteiger partial charge is 1.00 e. The molecule has 0 aliphatic heterocycles. The van der Waals surface area contributed by atoms with Gasteiger partial charge in [-0.15, -0.1) is 0 Å². The normalized spacial score (nSPS) is 41.5. The monoisotopic (exact) mass is 506 g/mol. The number of fused-ring (bicyclic) bond motifs is 5. The summed E-state index contributed by atoms with van der Waals surface area (Å²) in [5.74, 6) is 4.89. The molecule has 0 radical (unpaired) electrons. The molecule has 4 nitrogen and oxygen atoms in total. The van der Waals surface area contributed by atoms with E-state index < -0.39 is 7.82 Å². The maximum Gasteiger partial charge on any atom is 1.00 e. The van der Waals surface area contributed by atoms with Crippen LogP contribution >= 0.6 is 7.82 Å². The van der Waals surface area contributed by atoms with Gasteiger partial charge in [0.2, 0.25) is 0 Å². The van der Waals surface area contributed by atoms with Crippen molar-refractivity contribution in [3.05, 3.63) is 11.6 Å². The topological polar surface area (TPSA) is 66.8 Å². The molecule has 0 aromatic heterocycles. The molecule has 0 aromatic carbocycles. The molecule has 8 atom stereocenters. The van der Waals surface area contributed by atoms with Gasteiger partial charge < -0.3 is 11.2 Å². The van der Waals surface area contributed by atoms with Gasteiger partial charge in [0.15, 0.2) is 0 Å². The Labute approximate surface area is 246 Å². The third-order valence-electron chi connectivity index (χ3n) is 10.5. The van der Waals surface area contributed by atoms with Crippen LogP contribution in [-0.2, 0) is 9.09 Å². The van der Waals surface area contributed by atoms with Gasteiger partial charge in [0.1, 0.15) is 0 Å². The molecule has 3 fully saturated rings. The zero-order chi connectivity index (χ0) is 23.3. The zero-order valence-corrected chi connectivity index (χ0v) is 26.1. The predicted molar refractivity (Wildman–Crippen MR) is 131 cm³/mol. The molecule has 0 heterocycles. The molecule has 3 saturated carbocycles. The van der Waals surface area contributed by atoms with E-state index >= 15 is 0 Å². The first-order valence-electron chi connectivity index (χ1n) is 13.4. The Morgan fingerprint density at radius 3 is 2.48 bits per heavy atom. The minimum absolute atomic E-state index is 0. The first kappa shape index (κ1) is 29.0. The summed E-state index contributed by atoms with van der Waals surface area (Å²) in [6, 6.07) is 0. The summed E-state index contributed by atoms with van der Waals surface area (Å²) in [6.07, 6.45) is 15.4. The minimum Gasteiger partial charge on any atom is -1.00 e. The first-order chi connectivity index (χ1) is 14.9. The van der Waals surface area contributed by atoms with Crippen molar-refractivity contribution >= 4 is 7.82 Å². The van der Waals surface area contributed by atoms with Gasteiger partial charge in [0.25, 0.3) is 0 Å². The quantitative estimate of drug-likeness (QED) is 0.300. The second-order valence-corrected chi connectivity index (χ2v) is 13.9. The Hall–Kier alpha value is 1.49. The third-order valence-corrected chi connectivity index (χ3v) is 11.1. The summed E-state index contributed by atoms with van der Waals surface area (Å²) in [4.78, 5) is 18.5. The van der Waals surface area contributed by atoms with Crippen LogP contribution in [0.1, 0.15) is 107 Å². The molecule has 0 amide bonds. The second kappa shape index (κ2) is 11.1. The van der Waals surface area contributed by atoms with Gasteiger partial charge in [-0.05, 0) is 97.7 Å². The van der Waals surface area contributed by atoms with E-state index in [1.165, 1.54) is 50.5 Å². The summed E-state index contributed by atoms with van der Waals surface area (Å²) in [5, 5.41) is 0. The second-order valence-electron chi connectivity index (χ2n) is 12.8. The molecule has 0 spiro atoms. The summed E-state index contributed by atoms with van der Waals surface area (Å²) >= 11 is 0. The standard InChI is InChI=1S/C27H47O4P.K.H/c1-18(2)7-6-8-19(3)23-11-12-24-22-10-9-20-17-21(31-32(28,29)30)13-15-26(20,4)25(22)14-16-27(23,24)5;;/h9,18-19,21-25H,6-8,10-17H2,1-5H3,(H2,28,29,30);;/q;+1;-1/t19-,21+,22+,23-,24+,25+,26+,27-;;/m1../s1. The average molecular weight is 507 g/mol. The summed E-state index contributed by atoms with van der Waals surface area (Å²) in [7, 11) is -4.41. The third kappa shape index (κ3) is 5.98. The Morgan fingerprint density at radius 2 is 1.82 bits per heavy atom. The Balaban J connectivity index is 0.00000204. The molecule has 33 heavy (non-hydrogen) atoms. The Kier molecular flexibility index (Phi) is 9.75. The number of hydrogen-bond acceptors (Lipinski definition) is 2. The SMILES string of the molecule is CC(C)CCC[C@@H](C)[C@H]1CC[C@H]2[C@@H]3CC=C4C[C@@H](OP(=O)(O)O)CC[C@]4(C)[C@H]3CC[C@]12C.[H-].[K+]. The van der Waals surface area contributed by atoms with Gasteiger partial charge in [0.05, 0.1) is 6.10 Å². The van der Waals surface area contributed by atoms with E-state index in [0.717, 1.165) is 54.8 Å². The van der Waals surface area contributed by atoms with E-state index in [1.54, 1.807) is 0 Å². The fraction of sp³-hybridized carbons (Fsp3) is 0.926. The van der Waals surface area contributed by atoms with Crippen LogP contribution in [0.4, 0.5) is 0 Å². The summed E-state index contributed by atoms with van der Waals surface area (Å²) in [6.45, 7) is 12.3. The summed E-state index contributed by atoms with van der Waals surface area (Å²) in [5.41, 5.74) is 2.12. The molecule has 0 unspecified atom stereocenters. The van der Waals surface area contributed by atoms with Crippen LogP contribution in [0, 0.1) is 46.3 Å². The molecule has 6 heteroatoms. The van der Waals surface area contributed by atoms with Crippen molar-refractivity contribution < 1.29 is 71.7 Å². The van der Waals surface area contributed by atoms with E-state index in [1.807, 2.05) is 0 Å². The smallest absolute Gasteiger partial charge is 1.00 e. The number of rotatable bonds is 7. The van der Waals surface area contributed by atoms with Gasteiger partial charge in [-0.25, -0.2) is 4.57 Å². The van der Waals surface area contributed by atoms with Gasteiger partial charge >= 0.3 is 59.2 Å². The Bertz CT molecular complexity index is 770. The van der Waals surface area contributed by atoms with Crippen LogP contribution < -0.4 is 51.4 Å². The fourth-order valence-corrected chi connectivity index (χ4v) is 9.50. The molecular formula is C27H48KO4P. The molecule has 0 saturated heterocycles. The van der Waals surface area contributed by atoms with Crippen molar-refractivity contribution in [3.8, 4) is 0 Å². The van der Waals surface area contributed by atoms with Crippen LogP contribution in [-0.4, -0.2) is 15.9 Å². The van der Waals surface area contributed by atoms with Crippen LogP contribution in [0.3, 0.4) is 0 Å². The molecule has 4 rings (SSSR count). The van der Waals surface area contributed by atoms with Crippen LogP contribution in [0.5, 0.6) is 0 Å². The number of allylic oxidation sites excluding steroid dienone is 1. The molecule has 2 N–H and O–H groups in total. The van der Waals surface area contributed by atoms with E-state index in [2.05, 4.69) is 40.7 Å². The molecule has 4 aliphatic carbocycles. The minimum atomic E-state index is -4.41. The van der Waals surface area contributed by atoms with Crippen LogP contribution in [0.25, 0.3) is 0 Å². The van der Waals surface area contributed by atoms with Crippen LogP contribution in [0.2, 0.25) is 0 Å². The van der Waals surface area contributed by atoms with E-state index in [-0.39, 0.29) is 64.3 Å². The molecule has 0 bridgehead atoms. The molecular weight excluding hydrogens is 458 g/mol. The number of phosphoric acid groups is 1. The predicted octanol–water partition coefficient (Wildman–Crippen LogP) is 4.62. The number of phosphoric ester groups is 1. The fourth-order valence-electron chi connectivity index (χ4n) is 8.94. The number of hydrogen-bond donors (Lipinski definition) is 2. The van der Waals surface area contributed by atoms with Gasteiger partial charge in [-0.1, -0.05) is 65.5 Å². The first-order valence-corrected chi connectivity index (χ1v) is 14.9. The van der Waals surface area contributed by atoms with Crippen molar-refractivity contribution in [2.75, 3.05) is 0 Å². The molecule has 0 aromatic rings. The molecule has 4 aliphatic rings. The summed E-state index contributed by atoms with van der Waals surface area (Å²) < 4.78 is 16.5. The van der Waals surface area contributed by atoms with E-state index in [0.29, 0.717) is 11.8 Å². The van der Waals surface area contributed by atoms with Crippen molar-refractivity contribution in [1.82, 2.24) is 0 Å². The zero-order valence-electron chi connectivity index (χ0n) is 23.1. The van der Waals surface area contributed by atoms with E-state index in [4.69, 9.17) is 4.52 Å². The maximum atomic E-state index is 11.4. The van der Waals surface area contributed by atoms with Gasteiger partial charge in [0, 0.05) is 0 Å². The van der Waals surface area contributed by atoms with Crippen molar-refractivity contribution in [1.29, 1.82) is 0 Å². The van der Waals surface area contributed by atoms with Gasteiger partial charge in [-0.3, -0.25) is 4.52 Å². The van der Waals surface area contributed by atoms with Crippen molar-refractivity contribution in [3.63, 3.8) is 0 Å². The van der Waals surface area contributed by atoms with Crippen molar-refractivity contribution in [2.45, 2.75) is 111 Å². The molecule has 186 valence electrons.